The van der Waals surface area contributed by atoms with Crippen molar-refractivity contribution in [2.24, 2.45) is 5.41 Å². The van der Waals surface area contributed by atoms with Gasteiger partial charge in [0.2, 0.25) is 5.91 Å². The van der Waals surface area contributed by atoms with Gasteiger partial charge in [0.1, 0.15) is 0 Å². The fourth-order valence-electron chi connectivity index (χ4n) is 2.34. The monoisotopic (exact) mass is 283 g/mol. The maximum atomic E-state index is 12.3. The van der Waals surface area contributed by atoms with Crippen LogP contribution in [0, 0.1) is 5.41 Å². The van der Waals surface area contributed by atoms with Gasteiger partial charge in [-0.15, -0.1) is 12.4 Å². The minimum Gasteiger partial charge on any atom is -0.349 e. The molecule has 106 valence electrons. The number of carbonyl (C=O) groups excluding carboxylic acids is 1. The van der Waals surface area contributed by atoms with Gasteiger partial charge in [0.25, 0.3) is 0 Å². The van der Waals surface area contributed by atoms with E-state index in [9.17, 15) is 4.79 Å². The highest BCUT2D eigenvalue weighted by Gasteiger charge is 2.35. The van der Waals surface area contributed by atoms with Gasteiger partial charge in [-0.3, -0.25) is 9.78 Å². The van der Waals surface area contributed by atoms with Crippen molar-refractivity contribution in [2.45, 2.75) is 32.7 Å². The van der Waals surface area contributed by atoms with Gasteiger partial charge >= 0.3 is 0 Å². The number of aromatic nitrogens is 1. The molecule has 19 heavy (non-hydrogen) atoms. The molecule has 2 atom stereocenters. The summed E-state index contributed by atoms with van der Waals surface area (Å²) >= 11 is 0. The number of nitrogens with one attached hydrogen (secondary N) is 2. The lowest BCUT2D eigenvalue weighted by molar-refractivity contribution is -0.131. The van der Waals surface area contributed by atoms with E-state index < -0.39 is 0 Å². The van der Waals surface area contributed by atoms with Crippen LogP contribution in [0.4, 0.5) is 0 Å². The molecule has 5 heteroatoms. The molecule has 1 aliphatic heterocycles. The van der Waals surface area contributed by atoms with Gasteiger partial charge in [-0.2, -0.15) is 0 Å². The topological polar surface area (TPSA) is 54.0 Å². The summed E-state index contributed by atoms with van der Waals surface area (Å²) in [7, 11) is 0. The summed E-state index contributed by atoms with van der Waals surface area (Å²) in [6, 6.07) is 3.88. The molecule has 1 aliphatic rings. The summed E-state index contributed by atoms with van der Waals surface area (Å²) in [5, 5.41) is 6.38. The molecule has 0 saturated carbocycles. The highest BCUT2D eigenvalue weighted by atomic mass is 35.5. The minimum absolute atomic E-state index is 0. The lowest BCUT2D eigenvalue weighted by Gasteiger charge is -2.33. The molecule has 1 fully saturated rings. The van der Waals surface area contributed by atoms with Crippen molar-refractivity contribution in [3.05, 3.63) is 30.1 Å². The quantitative estimate of drug-likeness (QED) is 0.893. The lowest BCUT2D eigenvalue weighted by atomic mass is 9.81. The number of nitrogens with zero attached hydrogens (tertiary/aromatic N) is 1. The van der Waals surface area contributed by atoms with Crippen molar-refractivity contribution in [1.29, 1.82) is 0 Å². The van der Waals surface area contributed by atoms with Gasteiger partial charge in [0, 0.05) is 18.9 Å². The zero-order valence-electron chi connectivity index (χ0n) is 11.5. The largest absolute Gasteiger partial charge is 0.349 e. The zero-order chi connectivity index (χ0) is 13.0. The average molecular weight is 284 g/mol. The van der Waals surface area contributed by atoms with Gasteiger partial charge in [-0.05, 0) is 44.9 Å². The van der Waals surface area contributed by atoms with Crippen molar-refractivity contribution in [3.8, 4) is 0 Å². The molecule has 0 spiro atoms. The highest BCUT2D eigenvalue weighted by Crippen LogP contribution is 2.26. The molecule has 2 N–H and O–H groups in total. The zero-order valence-corrected chi connectivity index (χ0v) is 12.3. The molecule has 1 aromatic heterocycles. The first-order valence-electron chi connectivity index (χ1n) is 6.53. The Morgan fingerprint density at radius 1 is 1.58 bits per heavy atom. The first-order chi connectivity index (χ1) is 8.62. The first-order valence-corrected chi connectivity index (χ1v) is 6.53. The summed E-state index contributed by atoms with van der Waals surface area (Å²) < 4.78 is 0. The van der Waals surface area contributed by atoms with Crippen LogP contribution in [0.5, 0.6) is 0 Å². The van der Waals surface area contributed by atoms with Gasteiger partial charge in [-0.25, -0.2) is 0 Å². The van der Waals surface area contributed by atoms with Crippen molar-refractivity contribution in [2.75, 3.05) is 13.1 Å². The molecule has 1 saturated heterocycles. The van der Waals surface area contributed by atoms with Crippen LogP contribution in [-0.2, 0) is 4.79 Å². The van der Waals surface area contributed by atoms with Crippen LogP contribution < -0.4 is 10.6 Å². The predicted octanol–water partition coefficient (Wildman–Crippen LogP) is 2.07. The maximum Gasteiger partial charge on any atom is 0.227 e. The highest BCUT2D eigenvalue weighted by molar-refractivity contribution is 5.85. The number of piperidine rings is 1. The van der Waals surface area contributed by atoms with E-state index in [1.54, 1.807) is 12.4 Å². The summed E-state index contributed by atoms with van der Waals surface area (Å²) in [5.74, 6) is 0.131. The normalized spacial score (nSPS) is 24.1. The Morgan fingerprint density at radius 3 is 2.95 bits per heavy atom. The molecule has 2 heterocycles. The molecule has 1 aromatic rings. The van der Waals surface area contributed by atoms with Crippen molar-refractivity contribution in [1.82, 2.24) is 15.6 Å². The Bertz CT molecular complexity index is 404. The fourth-order valence-corrected chi connectivity index (χ4v) is 2.34. The Labute approximate surface area is 120 Å². The Morgan fingerprint density at radius 2 is 2.37 bits per heavy atom. The van der Waals surface area contributed by atoms with Crippen molar-refractivity contribution < 1.29 is 4.79 Å². The predicted molar refractivity (Wildman–Crippen MR) is 78.3 cm³/mol. The van der Waals surface area contributed by atoms with E-state index in [1.807, 2.05) is 26.0 Å². The van der Waals surface area contributed by atoms with Crippen LogP contribution >= 0.6 is 12.4 Å². The smallest absolute Gasteiger partial charge is 0.227 e. The standard InChI is InChI=1S/C14H21N3O.ClH/c1-11(12-5-3-7-15-9-12)17-13(18)14(2)6-4-8-16-10-14;/h3,5,7,9,11,16H,4,6,8,10H2,1-2H3,(H,17,18);1H. The number of carbonyl (C=O) groups is 1. The SMILES string of the molecule is CC(NC(=O)C1(C)CCCNC1)c1cccnc1.Cl. The Balaban J connectivity index is 0.00000180. The second-order valence-electron chi connectivity index (χ2n) is 5.32. The van der Waals surface area contributed by atoms with E-state index in [2.05, 4.69) is 15.6 Å². The number of pyridine rings is 1. The molecule has 0 aromatic carbocycles. The van der Waals surface area contributed by atoms with E-state index in [-0.39, 0.29) is 29.8 Å². The molecule has 2 rings (SSSR count). The summed E-state index contributed by atoms with van der Waals surface area (Å²) in [4.78, 5) is 16.4. The van der Waals surface area contributed by atoms with E-state index in [1.165, 1.54) is 0 Å². The van der Waals surface area contributed by atoms with E-state index >= 15 is 0 Å². The van der Waals surface area contributed by atoms with Crippen LogP contribution in [0.15, 0.2) is 24.5 Å². The van der Waals surface area contributed by atoms with Crippen LogP contribution in [0.2, 0.25) is 0 Å². The molecule has 1 amide bonds. The molecular formula is C14H22ClN3O. The first kappa shape index (κ1) is 15.9. The lowest BCUT2D eigenvalue weighted by Crippen LogP contribution is -2.49. The number of amides is 1. The van der Waals surface area contributed by atoms with Crippen LogP contribution in [0.1, 0.15) is 38.3 Å². The number of halogens is 1. The summed E-state index contributed by atoms with van der Waals surface area (Å²) in [6.07, 6.45) is 5.55. The number of hydrogen-bond acceptors (Lipinski definition) is 3. The maximum absolute atomic E-state index is 12.3. The van der Waals surface area contributed by atoms with Gasteiger partial charge in [0.15, 0.2) is 0 Å². The fraction of sp³-hybridized carbons (Fsp3) is 0.571. The van der Waals surface area contributed by atoms with Crippen LogP contribution in [0.3, 0.4) is 0 Å². The van der Waals surface area contributed by atoms with Gasteiger partial charge < -0.3 is 10.6 Å². The molecule has 4 nitrogen and oxygen atoms in total. The number of rotatable bonds is 3. The van der Waals surface area contributed by atoms with Crippen LogP contribution in [-0.4, -0.2) is 24.0 Å². The van der Waals surface area contributed by atoms with Gasteiger partial charge in [0.05, 0.1) is 11.5 Å². The molecule has 0 aliphatic carbocycles. The van der Waals surface area contributed by atoms with E-state index in [4.69, 9.17) is 0 Å². The second-order valence-corrected chi connectivity index (χ2v) is 5.32. The van der Waals surface area contributed by atoms with Crippen molar-refractivity contribution >= 4 is 18.3 Å². The van der Waals surface area contributed by atoms with Crippen molar-refractivity contribution in [3.63, 3.8) is 0 Å². The molecule has 2 unspecified atom stereocenters. The third-order valence-electron chi connectivity index (χ3n) is 3.68. The minimum atomic E-state index is -0.283. The third kappa shape index (κ3) is 3.91. The second kappa shape index (κ2) is 6.87. The average Bonchev–Trinajstić information content (AvgIpc) is 2.40. The molecule has 0 bridgehead atoms. The van der Waals surface area contributed by atoms with E-state index in [0.29, 0.717) is 0 Å². The Kier molecular flexibility index (Phi) is 5.76. The third-order valence-corrected chi connectivity index (χ3v) is 3.68. The number of hydrogen-bond donors (Lipinski definition) is 2. The van der Waals surface area contributed by atoms with Crippen LogP contribution in [0.25, 0.3) is 0 Å². The summed E-state index contributed by atoms with van der Waals surface area (Å²) in [6.45, 7) is 5.80. The molecule has 0 radical (unpaired) electrons. The molecular weight excluding hydrogens is 262 g/mol. The van der Waals surface area contributed by atoms with E-state index in [0.717, 1.165) is 31.5 Å². The Hall–Kier alpha value is -1.13. The summed E-state index contributed by atoms with van der Waals surface area (Å²) in [5.41, 5.74) is 0.757. The van der Waals surface area contributed by atoms with Gasteiger partial charge in [-0.1, -0.05) is 6.07 Å².